The van der Waals surface area contributed by atoms with E-state index in [1.165, 1.54) is 7.11 Å². The number of unbranched alkanes of at least 4 members (excludes halogenated alkanes) is 1. The summed E-state index contributed by atoms with van der Waals surface area (Å²) >= 11 is 0. The van der Waals surface area contributed by atoms with Crippen molar-refractivity contribution >= 4 is 11.8 Å². The lowest BCUT2D eigenvalue weighted by Gasteiger charge is -2.14. The number of ketones is 1. The molecule has 2 N–H and O–H groups in total. The van der Waals surface area contributed by atoms with E-state index in [1.807, 2.05) is 6.92 Å². The fraction of sp³-hybridized carbons (Fsp3) is 0.833. The van der Waals surface area contributed by atoms with Crippen molar-refractivity contribution in [3.63, 3.8) is 0 Å². The largest absolute Gasteiger partial charge is 0.468 e. The number of nitrogens with two attached hydrogens (primary N) is 1. The predicted molar refractivity (Wildman–Crippen MR) is 62.9 cm³/mol. The van der Waals surface area contributed by atoms with Crippen molar-refractivity contribution in [3.8, 4) is 0 Å². The van der Waals surface area contributed by atoms with Crippen LogP contribution in [0.1, 0.15) is 46.0 Å². The number of carbonyl (C=O) groups is 2. The fourth-order valence-electron chi connectivity index (χ4n) is 1.63. The number of carbonyl (C=O) groups excluding carboxylic acids is 2. The molecule has 0 radical (unpaired) electrons. The third kappa shape index (κ3) is 6.56. The monoisotopic (exact) mass is 229 g/mol. The minimum Gasteiger partial charge on any atom is -0.468 e. The van der Waals surface area contributed by atoms with Crippen LogP contribution in [0.2, 0.25) is 0 Å². The molecule has 0 aliphatic carbocycles. The van der Waals surface area contributed by atoms with Crippen molar-refractivity contribution in [2.75, 3.05) is 7.11 Å². The SMILES string of the molecule is CCCCC(=O)CC(C)C[C@H](N)C(=O)OC. The molecule has 0 aromatic heterocycles. The first-order valence-electron chi connectivity index (χ1n) is 5.86. The maximum Gasteiger partial charge on any atom is 0.322 e. The molecular formula is C12H23NO3. The molecule has 0 aliphatic heterocycles. The first-order chi connectivity index (χ1) is 7.51. The molecule has 94 valence electrons. The van der Waals surface area contributed by atoms with E-state index in [4.69, 9.17) is 5.73 Å². The van der Waals surface area contributed by atoms with Crippen molar-refractivity contribution in [2.45, 2.75) is 52.0 Å². The minimum absolute atomic E-state index is 0.137. The second-order valence-corrected chi connectivity index (χ2v) is 4.32. The Morgan fingerprint density at radius 2 is 2.00 bits per heavy atom. The van der Waals surface area contributed by atoms with Crippen LogP contribution in [0.25, 0.3) is 0 Å². The van der Waals surface area contributed by atoms with E-state index in [0.717, 1.165) is 12.8 Å². The average molecular weight is 229 g/mol. The van der Waals surface area contributed by atoms with Gasteiger partial charge in [-0.15, -0.1) is 0 Å². The van der Waals surface area contributed by atoms with Gasteiger partial charge in [-0.2, -0.15) is 0 Å². The molecule has 0 aromatic rings. The van der Waals surface area contributed by atoms with Crippen LogP contribution in [-0.2, 0) is 14.3 Å². The number of ether oxygens (including phenoxy) is 1. The highest BCUT2D eigenvalue weighted by atomic mass is 16.5. The van der Waals surface area contributed by atoms with Gasteiger partial charge in [0, 0.05) is 12.8 Å². The van der Waals surface area contributed by atoms with Gasteiger partial charge in [-0.1, -0.05) is 20.3 Å². The van der Waals surface area contributed by atoms with E-state index in [-0.39, 0.29) is 11.7 Å². The van der Waals surface area contributed by atoms with Gasteiger partial charge in [-0.3, -0.25) is 9.59 Å². The van der Waals surface area contributed by atoms with E-state index in [1.54, 1.807) is 0 Å². The van der Waals surface area contributed by atoms with Gasteiger partial charge in [0.05, 0.1) is 7.11 Å². The Morgan fingerprint density at radius 1 is 1.38 bits per heavy atom. The molecule has 0 heterocycles. The summed E-state index contributed by atoms with van der Waals surface area (Å²) in [5.74, 6) is -0.0160. The van der Waals surface area contributed by atoms with Crippen LogP contribution in [0, 0.1) is 5.92 Å². The third-order valence-electron chi connectivity index (χ3n) is 2.55. The molecule has 0 bridgehead atoms. The van der Waals surface area contributed by atoms with Crippen LogP contribution >= 0.6 is 0 Å². The summed E-state index contributed by atoms with van der Waals surface area (Å²) in [4.78, 5) is 22.5. The van der Waals surface area contributed by atoms with Gasteiger partial charge >= 0.3 is 5.97 Å². The molecule has 0 fully saturated rings. The molecular weight excluding hydrogens is 206 g/mol. The summed E-state index contributed by atoms with van der Waals surface area (Å²) in [6, 6.07) is -0.612. The summed E-state index contributed by atoms with van der Waals surface area (Å²) in [5.41, 5.74) is 5.62. The first kappa shape index (κ1) is 15.1. The molecule has 4 nitrogen and oxygen atoms in total. The quantitative estimate of drug-likeness (QED) is 0.643. The number of esters is 1. The summed E-state index contributed by atoms with van der Waals surface area (Å²) in [6.07, 6.45) is 3.61. The van der Waals surface area contributed by atoms with Crippen LogP contribution in [-0.4, -0.2) is 24.9 Å². The summed E-state index contributed by atoms with van der Waals surface area (Å²) < 4.78 is 4.53. The van der Waals surface area contributed by atoms with Crippen molar-refractivity contribution in [1.82, 2.24) is 0 Å². The van der Waals surface area contributed by atoms with E-state index in [9.17, 15) is 9.59 Å². The van der Waals surface area contributed by atoms with Gasteiger partial charge in [0.1, 0.15) is 11.8 Å². The number of hydrogen-bond donors (Lipinski definition) is 1. The average Bonchev–Trinajstić information content (AvgIpc) is 2.24. The van der Waals surface area contributed by atoms with Crippen molar-refractivity contribution in [2.24, 2.45) is 11.7 Å². The number of methoxy groups -OCH3 is 1. The second kappa shape index (κ2) is 8.28. The predicted octanol–water partition coefficient (Wildman–Crippen LogP) is 1.66. The first-order valence-corrected chi connectivity index (χ1v) is 5.86. The highest BCUT2D eigenvalue weighted by Crippen LogP contribution is 2.13. The van der Waals surface area contributed by atoms with Crippen molar-refractivity contribution in [3.05, 3.63) is 0 Å². The van der Waals surface area contributed by atoms with Crippen LogP contribution < -0.4 is 5.73 Å². The molecule has 1 unspecified atom stereocenters. The van der Waals surface area contributed by atoms with Gasteiger partial charge in [-0.05, 0) is 18.8 Å². The second-order valence-electron chi connectivity index (χ2n) is 4.32. The zero-order valence-electron chi connectivity index (χ0n) is 10.5. The molecule has 4 heteroatoms. The lowest BCUT2D eigenvalue weighted by molar-refractivity contribution is -0.142. The van der Waals surface area contributed by atoms with E-state index < -0.39 is 12.0 Å². The highest BCUT2D eigenvalue weighted by Gasteiger charge is 2.18. The molecule has 0 saturated heterocycles. The maximum absolute atomic E-state index is 11.5. The topological polar surface area (TPSA) is 69.4 Å². The van der Waals surface area contributed by atoms with Gasteiger partial charge < -0.3 is 10.5 Å². The number of rotatable bonds is 8. The highest BCUT2D eigenvalue weighted by molar-refractivity contribution is 5.79. The Kier molecular flexibility index (Phi) is 7.81. The van der Waals surface area contributed by atoms with Crippen molar-refractivity contribution < 1.29 is 14.3 Å². The van der Waals surface area contributed by atoms with Crippen LogP contribution in [0.5, 0.6) is 0 Å². The van der Waals surface area contributed by atoms with Gasteiger partial charge in [0.2, 0.25) is 0 Å². The number of Topliss-reactive ketones (excluding diaryl/α,β-unsaturated/α-hetero) is 1. The Balaban J connectivity index is 3.84. The molecule has 0 amide bonds. The standard InChI is InChI=1S/C12H23NO3/c1-4-5-6-10(14)7-9(2)8-11(13)12(15)16-3/h9,11H,4-8,13H2,1-3H3/t9?,11-/m0/s1. The lowest BCUT2D eigenvalue weighted by atomic mass is 9.95. The van der Waals surface area contributed by atoms with Crippen molar-refractivity contribution in [1.29, 1.82) is 0 Å². The normalized spacial score (nSPS) is 14.2. The van der Waals surface area contributed by atoms with Crippen LogP contribution in [0.4, 0.5) is 0 Å². The molecule has 0 aromatic carbocycles. The molecule has 0 aliphatic rings. The summed E-state index contributed by atoms with van der Waals surface area (Å²) in [6.45, 7) is 4.00. The van der Waals surface area contributed by atoms with E-state index >= 15 is 0 Å². The Hall–Kier alpha value is -0.900. The zero-order chi connectivity index (χ0) is 12.6. The summed E-state index contributed by atoms with van der Waals surface area (Å²) in [5, 5.41) is 0. The Labute approximate surface area is 97.5 Å². The van der Waals surface area contributed by atoms with Crippen LogP contribution in [0.15, 0.2) is 0 Å². The van der Waals surface area contributed by atoms with E-state index in [0.29, 0.717) is 19.3 Å². The molecule has 2 atom stereocenters. The van der Waals surface area contributed by atoms with Gasteiger partial charge in [-0.25, -0.2) is 0 Å². The maximum atomic E-state index is 11.5. The Morgan fingerprint density at radius 3 is 2.50 bits per heavy atom. The molecule has 0 rings (SSSR count). The fourth-order valence-corrected chi connectivity index (χ4v) is 1.63. The molecule has 0 spiro atoms. The Bertz CT molecular complexity index is 228. The van der Waals surface area contributed by atoms with Gasteiger partial charge in [0.15, 0.2) is 0 Å². The molecule has 16 heavy (non-hydrogen) atoms. The smallest absolute Gasteiger partial charge is 0.322 e. The molecule has 0 saturated carbocycles. The number of hydrogen-bond acceptors (Lipinski definition) is 4. The van der Waals surface area contributed by atoms with Crippen LogP contribution in [0.3, 0.4) is 0 Å². The third-order valence-corrected chi connectivity index (χ3v) is 2.55. The van der Waals surface area contributed by atoms with Gasteiger partial charge in [0.25, 0.3) is 0 Å². The lowest BCUT2D eigenvalue weighted by Crippen LogP contribution is -2.33. The summed E-state index contributed by atoms with van der Waals surface area (Å²) in [7, 11) is 1.32. The van der Waals surface area contributed by atoms with E-state index in [2.05, 4.69) is 11.7 Å². The zero-order valence-corrected chi connectivity index (χ0v) is 10.5. The minimum atomic E-state index is -0.612.